The molecule has 1 aromatic carbocycles. The lowest BCUT2D eigenvalue weighted by atomic mass is 10.2. The quantitative estimate of drug-likeness (QED) is 0.544. The van der Waals surface area contributed by atoms with Gasteiger partial charge in [0.15, 0.2) is 10.8 Å². The Bertz CT molecular complexity index is 951. The largest absolute Gasteiger partial charge is 0.302 e. The molecule has 2 aromatic heterocycles. The van der Waals surface area contributed by atoms with Gasteiger partial charge in [-0.25, -0.2) is 4.98 Å². The van der Waals surface area contributed by atoms with Crippen molar-refractivity contribution in [3.05, 3.63) is 40.7 Å². The number of carbonyl (C=O) groups is 1. The van der Waals surface area contributed by atoms with Crippen molar-refractivity contribution in [1.29, 1.82) is 0 Å². The molecule has 0 aliphatic heterocycles. The van der Waals surface area contributed by atoms with Crippen LogP contribution in [0.2, 0.25) is 5.02 Å². The molecule has 0 fully saturated rings. The van der Waals surface area contributed by atoms with E-state index < -0.39 is 0 Å². The number of rotatable bonds is 7. The molecule has 0 spiro atoms. The normalized spacial score (nSPS) is 11.1. The number of amides is 1. The molecule has 3 aromatic rings. The number of aromatic nitrogens is 3. The average Bonchev–Trinajstić information content (AvgIpc) is 3.28. The lowest BCUT2D eigenvalue weighted by Gasteiger charge is -2.24. The van der Waals surface area contributed by atoms with Crippen molar-refractivity contribution in [1.82, 2.24) is 19.7 Å². The summed E-state index contributed by atoms with van der Waals surface area (Å²) in [6.07, 6.45) is 1.78. The highest BCUT2D eigenvalue weighted by molar-refractivity contribution is 7.22. The summed E-state index contributed by atoms with van der Waals surface area (Å²) >= 11 is 7.75. The number of nitrogens with zero attached hydrogens (tertiary/aromatic N) is 5. The van der Waals surface area contributed by atoms with E-state index >= 15 is 0 Å². The maximum absolute atomic E-state index is 13.1. The topological polar surface area (TPSA) is 54.3 Å². The second-order valence-electron chi connectivity index (χ2n) is 6.37. The van der Waals surface area contributed by atoms with Crippen LogP contribution in [0.4, 0.5) is 5.13 Å². The van der Waals surface area contributed by atoms with Crippen LogP contribution in [0.1, 0.15) is 29.9 Å². The zero-order chi connectivity index (χ0) is 19.6. The molecule has 28 heavy (non-hydrogen) atoms. The zero-order valence-electron chi connectivity index (χ0n) is 16.5. The van der Waals surface area contributed by atoms with Crippen LogP contribution in [0.3, 0.4) is 0 Å². The Kier molecular flexibility index (Phi) is 7.83. The Balaban J connectivity index is 0.00000280. The van der Waals surface area contributed by atoms with E-state index in [-0.39, 0.29) is 18.3 Å². The molecule has 0 unspecified atom stereocenters. The fourth-order valence-electron chi connectivity index (χ4n) is 2.94. The molecule has 0 saturated heterocycles. The summed E-state index contributed by atoms with van der Waals surface area (Å²) in [5, 5.41) is 5.64. The summed E-state index contributed by atoms with van der Waals surface area (Å²) in [5.74, 6) is -0.134. The number of fused-ring (bicyclic) bond motifs is 1. The Morgan fingerprint density at radius 3 is 2.54 bits per heavy atom. The summed E-state index contributed by atoms with van der Waals surface area (Å²) in [6.45, 7) is 9.42. The van der Waals surface area contributed by atoms with Crippen LogP contribution < -0.4 is 4.90 Å². The summed E-state index contributed by atoms with van der Waals surface area (Å²) in [5.41, 5.74) is 2.21. The van der Waals surface area contributed by atoms with E-state index in [1.807, 2.05) is 19.1 Å². The van der Waals surface area contributed by atoms with E-state index in [2.05, 4.69) is 23.8 Å². The molecule has 9 heteroatoms. The lowest BCUT2D eigenvalue weighted by Crippen LogP contribution is -2.39. The molecular formula is C19H25Cl2N5OS. The second kappa shape index (κ2) is 9.69. The van der Waals surface area contributed by atoms with Gasteiger partial charge in [0.2, 0.25) is 0 Å². The SMILES string of the molecule is CCN(CC)CCN(C(=O)c1ccn(C)n1)c1nc2c(C)c(Cl)ccc2s1.Cl. The van der Waals surface area contributed by atoms with Gasteiger partial charge in [0.25, 0.3) is 5.91 Å². The fraction of sp³-hybridized carbons (Fsp3) is 0.421. The van der Waals surface area contributed by atoms with Gasteiger partial charge < -0.3 is 4.90 Å². The third kappa shape index (κ3) is 4.66. The number of likely N-dealkylation sites (N-methyl/N-ethyl adjacent to an activating group) is 1. The van der Waals surface area contributed by atoms with E-state index in [1.54, 1.807) is 28.9 Å². The number of halogens is 2. The molecule has 152 valence electrons. The number of carbonyl (C=O) groups excluding carboxylic acids is 1. The minimum absolute atomic E-state index is 0. The van der Waals surface area contributed by atoms with E-state index in [4.69, 9.17) is 16.6 Å². The predicted molar refractivity (Wildman–Crippen MR) is 119 cm³/mol. The molecule has 0 atom stereocenters. The zero-order valence-corrected chi connectivity index (χ0v) is 18.9. The number of thiazole rings is 1. The van der Waals surface area contributed by atoms with Crippen LogP contribution in [-0.4, -0.2) is 51.8 Å². The first-order valence-corrected chi connectivity index (χ1v) is 10.2. The van der Waals surface area contributed by atoms with Gasteiger partial charge in [-0.2, -0.15) is 5.10 Å². The summed E-state index contributed by atoms with van der Waals surface area (Å²) in [4.78, 5) is 21.9. The second-order valence-corrected chi connectivity index (χ2v) is 7.79. The van der Waals surface area contributed by atoms with Gasteiger partial charge in [-0.15, -0.1) is 12.4 Å². The van der Waals surface area contributed by atoms with E-state index in [0.717, 1.165) is 35.4 Å². The highest BCUT2D eigenvalue weighted by atomic mass is 35.5. The summed E-state index contributed by atoms with van der Waals surface area (Å²) in [6, 6.07) is 5.57. The standard InChI is InChI=1S/C19H24ClN5OS.ClH/c1-5-24(6-2)11-12-25(18(26)15-9-10-23(4)22-15)19-21-17-13(3)14(20)7-8-16(17)27-19;/h7-10H,5-6,11-12H2,1-4H3;1H. The first kappa shape index (κ1) is 22.6. The first-order chi connectivity index (χ1) is 12.9. The van der Waals surface area contributed by atoms with Gasteiger partial charge >= 0.3 is 0 Å². The maximum Gasteiger partial charge on any atom is 0.280 e. The molecule has 6 nitrogen and oxygen atoms in total. The van der Waals surface area contributed by atoms with Crippen molar-refractivity contribution in [2.75, 3.05) is 31.1 Å². The minimum Gasteiger partial charge on any atom is -0.302 e. The fourth-order valence-corrected chi connectivity index (χ4v) is 4.14. The van der Waals surface area contributed by atoms with Crippen molar-refractivity contribution in [3.63, 3.8) is 0 Å². The van der Waals surface area contributed by atoms with Gasteiger partial charge in [0, 0.05) is 31.4 Å². The van der Waals surface area contributed by atoms with E-state index in [9.17, 15) is 4.79 Å². The smallest absolute Gasteiger partial charge is 0.280 e. The van der Waals surface area contributed by atoms with Crippen LogP contribution in [0.15, 0.2) is 24.4 Å². The summed E-state index contributed by atoms with van der Waals surface area (Å²) in [7, 11) is 1.81. The minimum atomic E-state index is -0.134. The highest BCUT2D eigenvalue weighted by Gasteiger charge is 2.24. The Morgan fingerprint density at radius 1 is 1.21 bits per heavy atom. The monoisotopic (exact) mass is 441 g/mol. The van der Waals surface area contributed by atoms with Crippen molar-refractivity contribution in [3.8, 4) is 0 Å². The lowest BCUT2D eigenvalue weighted by molar-refractivity contribution is 0.0978. The van der Waals surface area contributed by atoms with Crippen LogP contribution >= 0.6 is 35.3 Å². The Labute approximate surface area is 180 Å². The molecule has 0 N–H and O–H groups in total. The van der Waals surface area contributed by atoms with Crippen molar-refractivity contribution in [2.24, 2.45) is 7.05 Å². The van der Waals surface area contributed by atoms with Gasteiger partial charge in [-0.1, -0.05) is 36.8 Å². The van der Waals surface area contributed by atoms with Crippen molar-refractivity contribution >= 4 is 56.6 Å². The predicted octanol–water partition coefficient (Wildman–Crippen LogP) is 4.40. The Morgan fingerprint density at radius 2 is 1.93 bits per heavy atom. The highest BCUT2D eigenvalue weighted by Crippen LogP contribution is 2.34. The van der Waals surface area contributed by atoms with Crippen LogP contribution in [0, 0.1) is 6.92 Å². The van der Waals surface area contributed by atoms with Crippen LogP contribution in [-0.2, 0) is 7.05 Å². The first-order valence-electron chi connectivity index (χ1n) is 9.04. The molecular weight excluding hydrogens is 417 g/mol. The van der Waals surface area contributed by atoms with Crippen molar-refractivity contribution in [2.45, 2.75) is 20.8 Å². The third-order valence-electron chi connectivity index (χ3n) is 4.68. The molecule has 0 bridgehead atoms. The molecule has 0 aliphatic rings. The molecule has 1 amide bonds. The number of aryl methyl sites for hydroxylation is 2. The third-order valence-corrected chi connectivity index (χ3v) is 6.13. The maximum atomic E-state index is 13.1. The number of hydrogen-bond acceptors (Lipinski definition) is 5. The summed E-state index contributed by atoms with van der Waals surface area (Å²) < 4.78 is 2.66. The average molecular weight is 442 g/mol. The Hall–Kier alpha value is -1.67. The number of hydrogen-bond donors (Lipinski definition) is 0. The van der Waals surface area contributed by atoms with Crippen molar-refractivity contribution < 1.29 is 4.79 Å². The van der Waals surface area contributed by atoms with E-state index in [0.29, 0.717) is 22.4 Å². The molecule has 0 saturated carbocycles. The van der Waals surface area contributed by atoms with E-state index in [1.165, 1.54) is 11.3 Å². The molecule has 3 rings (SSSR count). The van der Waals surface area contributed by atoms with Crippen LogP contribution in [0.25, 0.3) is 10.2 Å². The molecule has 0 aliphatic carbocycles. The van der Waals surface area contributed by atoms with Gasteiger partial charge in [0.05, 0.1) is 10.2 Å². The molecule has 0 radical (unpaired) electrons. The van der Waals surface area contributed by atoms with Gasteiger partial charge in [-0.3, -0.25) is 14.4 Å². The molecule has 2 heterocycles. The number of anilines is 1. The van der Waals surface area contributed by atoms with Crippen LogP contribution in [0.5, 0.6) is 0 Å². The number of benzene rings is 1. The van der Waals surface area contributed by atoms with Gasteiger partial charge in [0.1, 0.15) is 0 Å². The van der Waals surface area contributed by atoms with Gasteiger partial charge in [-0.05, 0) is 43.8 Å².